The number of aromatic carboxylic acids is 1. The summed E-state index contributed by atoms with van der Waals surface area (Å²) in [6.45, 7) is 1.99. The summed E-state index contributed by atoms with van der Waals surface area (Å²) >= 11 is 5.84. The summed E-state index contributed by atoms with van der Waals surface area (Å²) < 4.78 is 0. The molecule has 0 saturated heterocycles. The average Bonchev–Trinajstić information content (AvgIpc) is 2.25. The van der Waals surface area contributed by atoms with Crippen LogP contribution < -0.4 is 10.6 Å². The Morgan fingerprint density at radius 3 is 2.60 bits per heavy atom. The number of halogens is 1. The van der Waals surface area contributed by atoms with E-state index in [2.05, 4.69) is 10.6 Å². The van der Waals surface area contributed by atoms with Crippen molar-refractivity contribution in [2.75, 3.05) is 5.32 Å². The molecule has 0 spiro atoms. The molecular weight excluding hydrogens is 280 g/mol. The van der Waals surface area contributed by atoms with Gasteiger partial charge in [-0.05, 0) is 43.9 Å². The van der Waals surface area contributed by atoms with Crippen molar-refractivity contribution in [3.8, 4) is 0 Å². The fourth-order valence-electron chi connectivity index (χ4n) is 2.20. The SMILES string of the molecule is CC(NC(=O)Nc1ccc(C(=O)O)c(Cl)c1)C1CCC1. The molecule has 2 amide bonds. The van der Waals surface area contributed by atoms with Crippen molar-refractivity contribution in [1.82, 2.24) is 5.32 Å². The van der Waals surface area contributed by atoms with E-state index in [1.165, 1.54) is 24.6 Å². The van der Waals surface area contributed by atoms with Gasteiger partial charge in [0.25, 0.3) is 0 Å². The van der Waals surface area contributed by atoms with E-state index < -0.39 is 5.97 Å². The molecule has 0 radical (unpaired) electrons. The molecule has 1 saturated carbocycles. The zero-order valence-corrected chi connectivity index (χ0v) is 11.9. The molecule has 6 heteroatoms. The number of carbonyl (C=O) groups excluding carboxylic acids is 1. The molecular formula is C14H17ClN2O3. The van der Waals surface area contributed by atoms with Crippen molar-refractivity contribution in [3.63, 3.8) is 0 Å². The molecule has 0 heterocycles. The van der Waals surface area contributed by atoms with Gasteiger partial charge in [-0.2, -0.15) is 0 Å². The van der Waals surface area contributed by atoms with E-state index in [9.17, 15) is 9.59 Å². The topological polar surface area (TPSA) is 78.4 Å². The zero-order chi connectivity index (χ0) is 14.7. The third-order valence-corrected chi connectivity index (χ3v) is 3.99. The highest BCUT2D eigenvalue weighted by Crippen LogP contribution is 2.29. The fourth-order valence-corrected chi connectivity index (χ4v) is 2.46. The van der Waals surface area contributed by atoms with Gasteiger partial charge < -0.3 is 15.7 Å². The maximum Gasteiger partial charge on any atom is 0.337 e. The van der Waals surface area contributed by atoms with E-state index in [1.54, 1.807) is 0 Å². The van der Waals surface area contributed by atoms with Crippen molar-refractivity contribution in [3.05, 3.63) is 28.8 Å². The second-order valence-corrected chi connectivity index (χ2v) is 5.49. The van der Waals surface area contributed by atoms with Crippen LogP contribution in [0.5, 0.6) is 0 Å². The number of amides is 2. The summed E-state index contributed by atoms with van der Waals surface area (Å²) in [6.07, 6.45) is 3.53. The first-order valence-corrected chi connectivity index (χ1v) is 6.95. The lowest BCUT2D eigenvalue weighted by Crippen LogP contribution is -2.42. The molecule has 1 aliphatic rings. The maximum atomic E-state index is 11.8. The molecule has 1 aromatic carbocycles. The lowest BCUT2D eigenvalue weighted by atomic mass is 9.80. The largest absolute Gasteiger partial charge is 0.478 e. The summed E-state index contributed by atoms with van der Waals surface area (Å²) in [7, 11) is 0. The molecule has 1 aromatic rings. The summed E-state index contributed by atoms with van der Waals surface area (Å²) in [5.74, 6) is -0.539. The van der Waals surface area contributed by atoms with Gasteiger partial charge in [-0.3, -0.25) is 0 Å². The molecule has 2 rings (SSSR count). The van der Waals surface area contributed by atoms with Crippen molar-refractivity contribution >= 4 is 29.3 Å². The predicted molar refractivity (Wildman–Crippen MR) is 77.4 cm³/mol. The molecule has 0 bridgehead atoms. The first-order valence-electron chi connectivity index (χ1n) is 6.57. The third-order valence-electron chi connectivity index (χ3n) is 3.67. The number of nitrogens with one attached hydrogen (secondary N) is 2. The monoisotopic (exact) mass is 296 g/mol. The van der Waals surface area contributed by atoms with Crippen LogP contribution in [0, 0.1) is 5.92 Å². The van der Waals surface area contributed by atoms with Gasteiger partial charge in [0.2, 0.25) is 0 Å². The van der Waals surface area contributed by atoms with Crippen LogP contribution in [-0.4, -0.2) is 23.1 Å². The van der Waals surface area contributed by atoms with Gasteiger partial charge in [-0.25, -0.2) is 9.59 Å². The predicted octanol–water partition coefficient (Wildman–Crippen LogP) is 3.35. The third kappa shape index (κ3) is 3.42. The molecule has 1 aliphatic carbocycles. The fraction of sp³-hybridized carbons (Fsp3) is 0.429. The number of carbonyl (C=O) groups is 2. The summed E-state index contributed by atoms with van der Waals surface area (Å²) in [6, 6.07) is 4.15. The van der Waals surface area contributed by atoms with Crippen molar-refractivity contribution in [2.45, 2.75) is 32.2 Å². The minimum absolute atomic E-state index is 0.0143. The van der Waals surface area contributed by atoms with E-state index in [-0.39, 0.29) is 22.7 Å². The molecule has 1 atom stereocenters. The highest BCUT2D eigenvalue weighted by Gasteiger charge is 2.24. The number of hydrogen-bond donors (Lipinski definition) is 3. The lowest BCUT2D eigenvalue weighted by Gasteiger charge is -2.31. The maximum absolute atomic E-state index is 11.8. The number of rotatable bonds is 4. The Balaban J connectivity index is 1.93. The Bertz CT molecular complexity index is 529. The quantitative estimate of drug-likeness (QED) is 0.797. The van der Waals surface area contributed by atoms with E-state index in [0.29, 0.717) is 11.6 Å². The van der Waals surface area contributed by atoms with Gasteiger partial charge in [0.15, 0.2) is 0 Å². The standard InChI is InChI=1S/C14H17ClN2O3/c1-8(9-3-2-4-9)16-14(20)17-10-5-6-11(13(18)19)12(15)7-10/h5-9H,2-4H2,1H3,(H,18,19)(H2,16,17,20). The van der Waals surface area contributed by atoms with Crippen LogP contribution in [0.4, 0.5) is 10.5 Å². The van der Waals surface area contributed by atoms with E-state index in [1.807, 2.05) is 6.92 Å². The van der Waals surface area contributed by atoms with Gasteiger partial charge in [0.1, 0.15) is 0 Å². The number of carboxylic acids is 1. The molecule has 0 aromatic heterocycles. The van der Waals surface area contributed by atoms with Gasteiger partial charge in [-0.1, -0.05) is 18.0 Å². The van der Waals surface area contributed by atoms with Crippen molar-refractivity contribution in [1.29, 1.82) is 0 Å². The van der Waals surface area contributed by atoms with Crippen LogP contribution in [0.3, 0.4) is 0 Å². The first kappa shape index (κ1) is 14.7. The van der Waals surface area contributed by atoms with Gasteiger partial charge >= 0.3 is 12.0 Å². The van der Waals surface area contributed by atoms with Crippen LogP contribution in [0.15, 0.2) is 18.2 Å². The minimum Gasteiger partial charge on any atom is -0.478 e. The second kappa shape index (κ2) is 6.13. The Kier molecular flexibility index (Phi) is 4.49. The molecule has 20 heavy (non-hydrogen) atoms. The number of hydrogen-bond acceptors (Lipinski definition) is 2. The Morgan fingerprint density at radius 2 is 2.10 bits per heavy atom. The molecule has 1 unspecified atom stereocenters. The number of benzene rings is 1. The van der Waals surface area contributed by atoms with Crippen LogP contribution >= 0.6 is 11.6 Å². The lowest BCUT2D eigenvalue weighted by molar-refractivity contribution is 0.0697. The van der Waals surface area contributed by atoms with E-state index in [0.717, 1.165) is 12.8 Å². The molecule has 5 nitrogen and oxygen atoms in total. The Labute approximate surface area is 122 Å². The number of carboxylic acid groups (broad SMARTS) is 1. The van der Waals surface area contributed by atoms with Crippen LogP contribution in [0.25, 0.3) is 0 Å². The number of anilines is 1. The minimum atomic E-state index is -1.09. The Morgan fingerprint density at radius 1 is 1.40 bits per heavy atom. The Hall–Kier alpha value is -1.75. The summed E-state index contributed by atoms with van der Waals surface area (Å²) in [5, 5.41) is 14.5. The van der Waals surface area contributed by atoms with Gasteiger partial charge in [0, 0.05) is 11.7 Å². The van der Waals surface area contributed by atoms with Crippen LogP contribution in [0.1, 0.15) is 36.5 Å². The highest BCUT2D eigenvalue weighted by molar-refractivity contribution is 6.33. The summed E-state index contributed by atoms with van der Waals surface area (Å²) in [4.78, 5) is 22.6. The van der Waals surface area contributed by atoms with Gasteiger partial charge in [-0.15, -0.1) is 0 Å². The normalized spacial score (nSPS) is 16.1. The van der Waals surface area contributed by atoms with E-state index in [4.69, 9.17) is 16.7 Å². The van der Waals surface area contributed by atoms with Crippen LogP contribution in [-0.2, 0) is 0 Å². The van der Waals surface area contributed by atoms with Gasteiger partial charge in [0.05, 0.1) is 10.6 Å². The first-order chi connectivity index (χ1) is 9.47. The molecule has 108 valence electrons. The smallest absolute Gasteiger partial charge is 0.337 e. The average molecular weight is 297 g/mol. The second-order valence-electron chi connectivity index (χ2n) is 5.08. The zero-order valence-electron chi connectivity index (χ0n) is 11.1. The van der Waals surface area contributed by atoms with E-state index >= 15 is 0 Å². The van der Waals surface area contributed by atoms with Crippen molar-refractivity contribution < 1.29 is 14.7 Å². The summed E-state index contributed by atoms with van der Waals surface area (Å²) in [5.41, 5.74) is 0.485. The van der Waals surface area contributed by atoms with Crippen LogP contribution in [0.2, 0.25) is 5.02 Å². The molecule has 1 fully saturated rings. The highest BCUT2D eigenvalue weighted by atomic mass is 35.5. The molecule has 0 aliphatic heterocycles. The molecule has 3 N–H and O–H groups in total. The number of urea groups is 1. The van der Waals surface area contributed by atoms with Crippen molar-refractivity contribution in [2.24, 2.45) is 5.92 Å².